The Hall–Kier alpha value is -5.05. The molecule has 0 aliphatic carbocycles. The average molecular weight is 514 g/mol. The summed E-state index contributed by atoms with van der Waals surface area (Å²) in [5, 5.41) is 21.7. The zero-order valence-electron chi connectivity index (χ0n) is 20.5. The number of ketones is 1. The molecule has 0 bridgehead atoms. The Labute approximate surface area is 217 Å². The number of nitrogens with zero attached hydrogens (tertiary/aromatic N) is 1. The quantitative estimate of drug-likeness (QED) is 0.258. The van der Waals surface area contributed by atoms with Crippen LogP contribution in [0.5, 0.6) is 11.5 Å². The van der Waals surface area contributed by atoms with Crippen LogP contribution in [0.1, 0.15) is 39.4 Å². The van der Waals surface area contributed by atoms with Crippen LogP contribution < -0.4 is 9.64 Å². The van der Waals surface area contributed by atoms with Crippen molar-refractivity contribution in [1.29, 1.82) is 0 Å². The molecule has 1 unspecified atom stereocenters. The van der Waals surface area contributed by atoms with Gasteiger partial charge in [-0.1, -0.05) is 24.3 Å². The lowest BCUT2D eigenvalue weighted by Gasteiger charge is -2.27. The number of ether oxygens (including phenoxy) is 2. The third-order valence-electron chi connectivity index (χ3n) is 6.25. The molecule has 0 saturated heterocycles. The number of furan rings is 1. The van der Waals surface area contributed by atoms with Gasteiger partial charge < -0.3 is 24.1 Å². The molecular weight excluding hydrogens is 490 g/mol. The minimum Gasteiger partial charge on any atom is -0.508 e. The van der Waals surface area contributed by atoms with Gasteiger partial charge in [0.1, 0.15) is 5.75 Å². The molecule has 4 aromatic rings. The molecule has 0 radical (unpaired) electrons. The molecule has 1 atom stereocenters. The number of Topliss-reactive ketones (excluding diaryl/α,β-unsaturated/α-hetero) is 1. The fourth-order valence-electron chi connectivity index (χ4n) is 4.53. The molecule has 0 saturated carbocycles. The van der Waals surface area contributed by atoms with Crippen LogP contribution >= 0.6 is 0 Å². The first kappa shape index (κ1) is 24.6. The SMILES string of the molecule is CCOC(=O)c1ccc(N2C(=O)C(O)=C(C(=O)c3cc4cccc(OC)c4o3)C2c2cccc(O)c2)cc1. The van der Waals surface area contributed by atoms with Crippen LogP contribution in [0.25, 0.3) is 11.0 Å². The Morgan fingerprint density at radius 2 is 1.74 bits per heavy atom. The molecule has 1 amide bonds. The van der Waals surface area contributed by atoms with E-state index in [1.165, 1.54) is 54.5 Å². The molecule has 3 aromatic carbocycles. The average Bonchev–Trinajstić information content (AvgIpc) is 3.47. The number of benzene rings is 3. The summed E-state index contributed by atoms with van der Waals surface area (Å²) in [6.07, 6.45) is 0. The van der Waals surface area contributed by atoms with Gasteiger partial charge in [-0.25, -0.2) is 4.79 Å². The Bertz CT molecular complexity index is 1600. The summed E-state index contributed by atoms with van der Waals surface area (Å²) in [6.45, 7) is 1.90. The van der Waals surface area contributed by atoms with Crippen LogP contribution in [0.2, 0.25) is 0 Å². The summed E-state index contributed by atoms with van der Waals surface area (Å²) in [7, 11) is 1.48. The van der Waals surface area contributed by atoms with Gasteiger partial charge in [0.25, 0.3) is 5.91 Å². The molecular formula is C29H23NO8. The number of fused-ring (bicyclic) bond motifs is 1. The monoisotopic (exact) mass is 513 g/mol. The van der Waals surface area contributed by atoms with E-state index in [0.717, 1.165) is 0 Å². The van der Waals surface area contributed by atoms with Crippen LogP contribution in [0, 0.1) is 0 Å². The van der Waals surface area contributed by atoms with Gasteiger partial charge in [0.05, 0.1) is 30.9 Å². The van der Waals surface area contributed by atoms with E-state index in [-0.39, 0.29) is 29.3 Å². The number of hydrogen-bond donors (Lipinski definition) is 2. The molecule has 1 aliphatic heterocycles. The van der Waals surface area contributed by atoms with E-state index in [9.17, 15) is 24.6 Å². The van der Waals surface area contributed by atoms with Crippen LogP contribution in [0.15, 0.2) is 88.5 Å². The number of aliphatic hydroxyl groups excluding tert-OH is 1. The van der Waals surface area contributed by atoms with Gasteiger partial charge in [-0.2, -0.15) is 0 Å². The normalized spacial score (nSPS) is 15.3. The number of aliphatic hydroxyl groups is 1. The topological polar surface area (TPSA) is 127 Å². The summed E-state index contributed by atoms with van der Waals surface area (Å²) in [6, 6.07) is 17.7. The number of phenols is 1. The molecule has 2 N–H and O–H groups in total. The van der Waals surface area contributed by atoms with Crippen LogP contribution in [-0.4, -0.2) is 41.6 Å². The molecule has 1 aliphatic rings. The fourth-order valence-corrected chi connectivity index (χ4v) is 4.53. The maximum absolute atomic E-state index is 13.8. The second kappa shape index (κ2) is 9.78. The largest absolute Gasteiger partial charge is 0.508 e. The highest BCUT2D eigenvalue weighted by atomic mass is 16.5. The molecule has 0 fully saturated rings. The van der Waals surface area contributed by atoms with E-state index in [4.69, 9.17) is 13.9 Å². The van der Waals surface area contributed by atoms with Crippen molar-refractivity contribution in [2.24, 2.45) is 0 Å². The molecule has 1 aromatic heterocycles. The number of carbonyl (C=O) groups excluding carboxylic acids is 3. The summed E-state index contributed by atoms with van der Waals surface area (Å²) < 4.78 is 16.1. The van der Waals surface area contributed by atoms with E-state index < -0.39 is 29.5 Å². The number of rotatable bonds is 7. The predicted octanol–water partition coefficient (Wildman–Crippen LogP) is 5.11. The number of phenolic OH excluding ortho intramolecular Hbond substituents is 1. The third-order valence-corrected chi connectivity index (χ3v) is 6.25. The number of hydrogen-bond acceptors (Lipinski definition) is 8. The van der Waals surface area contributed by atoms with Gasteiger partial charge in [0.15, 0.2) is 22.9 Å². The summed E-state index contributed by atoms with van der Waals surface area (Å²) >= 11 is 0. The second-order valence-corrected chi connectivity index (χ2v) is 8.52. The van der Waals surface area contributed by atoms with Gasteiger partial charge in [0, 0.05) is 11.1 Å². The van der Waals surface area contributed by atoms with E-state index >= 15 is 0 Å². The van der Waals surface area contributed by atoms with Crippen molar-refractivity contribution in [1.82, 2.24) is 0 Å². The fraction of sp³-hybridized carbons (Fsp3) is 0.138. The highest BCUT2D eigenvalue weighted by Crippen LogP contribution is 2.43. The molecule has 192 valence electrons. The van der Waals surface area contributed by atoms with Gasteiger partial charge >= 0.3 is 5.97 Å². The van der Waals surface area contributed by atoms with Crippen molar-refractivity contribution in [3.05, 3.63) is 101 Å². The van der Waals surface area contributed by atoms with Crippen molar-refractivity contribution < 1.29 is 38.5 Å². The Kier molecular flexibility index (Phi) is 6.34. The molecule has 2 heterocycles. The van der Waals surface area contributed by atoms with Gasteiger partial charge in [0.2, 0.25) is 5.78 Å². The molecule has 9 nitrogen and oxygen atoms in total. The third kappa shape index (κ3) is 4.13. The highest BCUT2D eigenvalue weighted by molar-refractivity contribution is 6.20. The minimum atomic E-state index is -1.09. The lowest BCUT2D eigenvalue weighted by Crippen LogP contribution is -2.31. The van der Waals surface area contributed by atoms with Gasteiger partial charge in [-0.3, -0.25) is 14.5 Å². The van der Waals surface area contributed by atoms with E-state index in [1.54, 1.807) is 37.3 Å². The number of methoxy groups -OCH3 is 1. The first-order chi connectivity index (χ1) is 18.3. The number of aromatic hydroxyl groups is 1. The van der Waals surface area contributed by atoms with Crippen LogP contribution in [-0.2, 0) is 9.53 Å². The predicted molar refractivity (Wildman–Crippen MR) is 137 cm³/mol. The number of carbonyl (C=O) groups is 3. The molecule has 9 heteroatoms. The standard InChI is InChI=1S/C29H23NO8/c1-3-37-29(35)16-10-12-19(13-11-16)30-24(17-6-4-8-20(31)14-17)23(26(33)28(30)34)25(32)22-15-18-7-5-9-21(36-2)27(18)38-22/h4-15,24,31,33H,3H2,1-2H3. The first-order valence-corrected chi connectivity index (χ1v) is 11.8. The second-order valence-electron chi connectivity index (χ2n) is 8.52. The van der Waals surface area contributed by atoms with Crippen molar-refractivity contribution in [3.8, 4) is 11.5 Å². The van der Waals surface area contributed by atoms with Crippen molar-refractivity contribution in [2.75, 3.05) is 18.6 Å². The summed E-state index contributed by atoms with van der Waals surface area (Å²) in [5.41, 5.74) is 1.11. The summed E-state index contributed by atoms with van der Waals surface area (Å²) in [4.78, 5) is 40.5. The van der Waals surface area contributed by atoms with Gasteiger partial charge in [-0.15, -0.1) is 0 Å². The Morgan fingerprint density at radius 1 is 1.00 bits per heavy atom. The zero-order chi connectivity index (χ0) is 27.0. The lowest BCUT2D eigenvalue weighted by atomic mass is 9.94. The van der Waals surface area contributed by atoms with Crippen molar-refractivity contribution in [3.63, 3.8) is 0 Å². The van der Waals surface area contributed by atoms with Crippen molar-refractivity contribution >= 4 is 34.3 Å². The Morgan fingerprint density at radius 3 is 2.42 bits per heavy atom. The molecule has 0 spiro atoms. The molecule has 38 heavy (non-hydrogen) atoms. The van der Waals surface area contributed by atoms with Crippen molar-refractivity contribution in [2.45, 2.75) is 13.0 Å². The van der Waals surface area contributed by atoms with Gasteiger partial charge in [-0.05, 0) is 61.0 Å². The number of amides is 1. The zero-order valence-corrected chi connectivity index (χ0v) is 20.5. The van der Waals surface area contributed by atoms with E-state index in [0.29, 0.717) is 28.0 Å². The molecule has 5 rings (SSSR count). The smallest absolute Gasteiger partial charge is 0.338 e. The maximum Gasteiger partial charge on any atom is 0.338 e. The van der Waals surface area contributed by atoms with Crippen LogP contribution in [0.4, 0.5) is 5.69 Å². The lowest BCUT2D eigenvalue weighted by molar-refractivity contribution is -0.117. The summed E-state index contributed by atoms with van der Waals surface area (Å²) in [5.74, 6) is -2.54. The number of anilines is 1. The number of para-hydroxylation sites is 1. The minimum absolute atomic E-state index is 0.0841. The Balaban J connectivity index is 1.61. The van der Waals surface area contributed by atoms with E-state index in [1.807, 2.05) is 0 Å². The maximum atomic E-state index is 13.8. The van der Waals surface area contributed by atoms with E-state index in [2.05, 4.69) is 0 Å². The highest BCUT2D eigenvalue weighted by Gasteiger charge is 2.45. The number of esters is 1. The first-order valence-electron chi connectivity index (χ1n) is 11.8. The van der Waals surface area contributed by atoms with Crippen LogP contribution in [0.3, 0.4) is 0 Å².